The van der Waals surface area contributed by atoms with Gasteiger partial charge in [-0.1, -0.05) is 11.3 Å². The predicted molar refractivity (Wildman–Crippen MR) is 81.2 cm³/mol. The summed E-state index contributed by atoms with van der Waals surface area (Å²) in [5.41, 5.74) is 0.869. The van der Waals surface area contributed by atoms with Crippen LogP contribution in [0.25, 0.3) is 10.3 Å². The van der Waals surface area contributed by atoms with E-state index in [1.165, 1.54) is 23.5 Å². The Hall–Kier alpha value is -3.05. The summed E-state index contributed by atoms with van der Waals surface area (Å²) in [5.74, 6) is -0.634. The minimum Gasteiger partial charge on any atom is -0.308 e. The Kier molecular flexibility index (Phi) is 3.64. The summed E-state index contributed by atoms with van der Waals surface area (Å²) in [6.45, 7) is 0. The number of carbonyl (C=O) groups is 1. The van der Waals surface area contributed by atoms with Gasteiger partial charge in [-0.25, -0.2) is 19.2 Å². The van der Waals surface area contributed by atoms with Gasteiger partial charge in [0.25, 0.3) is 0 Å². The van der Waals surface area contributed by atoms with Gasteiger partial charge in [0, 0.05) is 11.9 Å². The van der Waals surface area contributed by atoms with Gasteiger partial charge in [0.2, 0.25) is 0 Å². The highest BCUT2D eigenvalue weighted by molar-refractivity contribution is 7.21. The van der Waals surface area contributed by atoms with Crippen molar-refractivity contribution in [1.29, 1.82) is 5.26 Å². The van der Waals surface area contributed by atoms with E-state index in [4.69, 9.17) is 5.26 Å². The molecule has 0 atom stereocenters. The lowest BCUT2D eigenvalue weighted by Crippen LogP contribution is -2.19. The molecule has 0 fully saturated rings. The number of hydrogen-bond acceptors (Lipinski definition) is 5. The van der Waals surface area contributed by atoms with Gasteiger partial charge in [0.05, 0.1) is 5.56 Å². The second kappa shape index (κ2) is 5.75. The largest absolute Gasteiger partial charge is 0.325 e. The topological polar surface area (TPSA) is 90.7 Å². The quantitative estimate of drug-likeness (QED) is 0.759. The van der Waals surface area contributed by atoms with Crippen molar-refractivity contribution >= 4 is 38.5 Å². The van der Waals surface area contributed by atoms with Crippen molar-refractivity contribution in [2.45, 2.75) is 0 Å². The van der Waals surface area contributed by atoms with E-state index in [9.17, 15) is 9.18 Å². The number of thiazole rings is 1. The number of carbonyl (C=O) groups excluding carboxylic acids is 1. The fourth-order valence-electron chi connectivity index (χ4n) is 1.77. The molecule has 2 heterocycles. The number of rotatable bonds is 2. The smallest absolute Gasteiger partial charge is 0.308 e. The molecule has 108 valence electrons. The third-order valence-electron chi connectivity index (χ3n) is 2.73. The maximum absolute atomic E-state index is 13.2. The number of hydrogen-bond donors (Lipinski definition) is 2. The summed E-state index contributed by atoms with van der Waals surface area (Å²) in [7, 11) is 0. The van der Waals surface area contributed by atoms with Crippen molar-refractivity contribution in [3.63, 3.8) is 0 Å². The Morgan fingerprint density at radius 3 is 2.95 bits per heavy atom. The molecule has 0 unspecified atom stereocenters. The first-order chi connectivity index (χ1) is 10.7. The Bertz CT molecular complexity index is 869. The van der Waals surface area contributed by atoms with Crippen LogP contribution in [0.3, 0.4) is 0 Å². The molecule has 2 amide bonds. The molecular formula is C14H8FN5OS. The molecule has 22 heavy (non-hydrogen) atoms. The molecule has 0 aliphatic carbocycles. The average molecular weight is 313 g/mol. The third kappa shape index (κ3) is 2.84. The molecule has 0 saturated carbocycles. The number of halogens is 1. The molecule has 6 nitrogen and oxygen atoms in total. The number of fused-ring (bicyclic) bond motifs is 1. The van der Waals surface area contributed by atoms with Gasteiger partial charge in [-0.05, 0) is 30.3 Å². The van der Waals surface area contributed by atoms with E-state index in [0.29, 0.717) is 21.2 Å². The Morgan fingerprint density at radius 1 is 1.32 bits per heavy atom. The van der Waals surface area contributed by atoms with Crippen molar-refractivity contribution in [3.8, 4) is 6.07 Å². The zero-order valence-corrected chi connectivity index (χ0v) is 11.8. The van der Waals surface area contributed by atoms with Crippen LogP contribution in [0.15, 0.2) is 36.5 Å². The number of urea groups is 1. The molecular weight excluding hydrogens is 305 g/mol. The van der Waals surface area contributed by atoms with Crippen LogP contribution in [0.5, 0.6) is 0 Å². The first-order valence-corrected chi connectivity index (χ1v) is 6.96. The van der Waals surface area contributed by atoms with Crippen molar-refractivity contribution < 1.29 is 9.18 Å². The lowest BCUT2D eigenvalue weighted by atomic mass is 10.2. The van der Waals surface area contributed by atoms with Crippen LogP contribution in [0.1, 0.15) is 5.56 Å². The minimum absolute atomic E-state index is 0.137. The molecule has 2 N–H and O–H groups in total. The first-order valence-electron chi connectivity index (χ1n) is 6.15. The van der Waals surface area contributed by atoms with E-state index in [1.807, 2.05) is 0 Å². The molecule has 0 aliphatic heterocycles. The van der Waals surface area contributed by atoms with E-state index in [1.54, 1.807) is 24.4 Å². The van der Waals surface area contributed by atoms with Gasteiger partial charge in [-0.3, -0.25) is 5.32 Å². The molecule has 3 rings (SSSR count). The monoisotopic (exact) mass is 313 g/mol. The van der Waals surface area contributed by atoms with E-state index < -0.39 is 11.8 Å². The fourth-order valence-corrected chi connectivity index (χ4v) is 2.57. The SMILES string of the molecule is N#Cc1cc(NC(=O)Nc2nc3cccnc3s2)ccc1F. The number of nitrogens with zero attached hydrogens (tertiary/aromatic N) is 3. The fraction of sp³-hybridized carbons (Fsp3) is 0. The van der Waals surface area contributed by atoms with Crippen LogP contribution >= 0.6 is 11.3 Å². The number of nitriles is 1. The van der Waals surface area contributed by atoms with Crippen LogP contribution in [0.2, 0.25) is 0 Å². The van der Waals surface area contributed by atoms with Crippen molar-refractivity contribution in [2.24, 2.45) is 0 Å². The van der Waals surface area contributed by atoms with Gasteiger partial charge < -0.3 is 5.32 Å². The zero-order chi connectivity index (χ0) is 15.5. The molecule has 0 bridgehead atoms. The van der Waals surface area contributed by atoms with Crippen LogP contribution in [-0.4, -0.2) is 16.0 Å². The molecule has 3 aromatic rings. The van der Waals surface area contributed by atoms with Crippen LogP contribution < -0.4 is 10.6 Å². The molecule has 0 aliphatic rings. The third-order valence-corrected chi connectivity index (χ3v) is 3.63. The summed E-state index contributed by atoms with van der Waals surface area (Å²) in [5, 5.41) is 14.2. The standard InChI is InChI=1S/C14H8FN5OS/c15-10-4-3-9(6-8(10)7-16)18-13(21)20-14-19-11-2-1-5-17-12(11)22-14/h1-6H,(H2,18,19,20,21). The summed E-state index contributed by atoms with van der Waals surface area (Å²) in [6, 6.07) is 8.48. The van der Waals surface area contributed by atoms with E-state index >= 15 is 0 Å². The normalized spacial score (nSPS) is 10.2. The highest BCUT2D eigenvalue weighted by Gasteiger charge is 2.09. The van der Waals surface area contributed by atoms with E-state index in [2.05, 4.69) is 20.6 Å². The maximum atomic E-state index is 13.2. The van der Waals surface area contributed by atoms with E-state index in [0.717, 1.165) is 6.07 Å². The zero-order valence-electron chi connectivity index (χ0n) is 11.0. The Labute approximate surface area is 128 Å². The maximum Gasteiger partial charge on any atom is 0.325 e. The van der Waals surface area contributed by atoms with Crippen molar-refractivity contribution in [2.75, 3.05) is 10.6 Å². The Balaban J connectivity index is 1.73. The molecule has 1 aromatic carbocycles. The summed E-state index contributed by atoms with van der Waals surface area (Å²) >= 11 is 1.24. The summed E-state index contributed by atoms with van der Waals surface area (Å²) in [4.78, 5) is 21.0. The molecule has 2 aromatic heterocycles. The van der Waals surface area contributed by atoms with Crippen LogP contribution in [0.4, 0.5) is 20.0 Å². The molecule has 0 saturated heterocycles. The predicted octanol–water partition coefficient (Wildman–Crippen LogP) is 3.35. The average Bonchev–Trinajstić information content (AvgIpc) is 2.91. The van der Waals surface area contributed by atoms with Gasteiger partial charge >= 0.3 is 6.03 Å². The van der Waals surface area contributed by atoms with Crippen LogP contribution in [-0.2, 0) is 0 Å². The lowest BCUT2D eigenvalue weighted by molar-refractivity contribution is 0.262. The highest BCUT2D eigenvalue weighted by atomic mass is 32.1. The lowest BCUT2D eigenvalue weighted by Gasteiger charge is -2.05. The Morgan fingerprint density at radius 2 is 2.18 bits per heavy atom. The molecule has 8 heteroatoms. The number of pyridine rings is 1. The van der Waals surface area contributed by atoms with Gasteiger partial charge in [0.1, 0.15) is 22.2 Å². The number of amides is 2. The number of aromatic nitrogens is 2. The van der Waals surface area contributed by atoms with Gasteiger partial charge in [-0.2, -0.15) is 5.26 Å². The van der Waals surface area contributed by atoms with Crippen molar-refractivity contribution in [3.05, 3.63) is 47.9 Å². The van der Waals surface area contributed by atoms with Gasteiger partial charge in [0.15, 0.2) is 5.13 Å². The molecule has 0 radical (unpaired) electrons. The second-order valence-electron chi connectivity index (χ2n) is 4.23. The van der Waals surface area contributed by atoms with E-state index in [-0.39, 0.29) is 5.56 Å². The molecule has 0 spiro atoms. The number of anilines is 2. The summed E-state index contributed by atoms with van der Waals surface area (Å²) < 4.78 is 13.2. The number of benzene rings is 1. The first kappa shape index (κ1) is 13.9. The van der Waals surface area contributed by atoms with Crippen LogP contribution in [0, 0.1) is 17.1 Å². The minimum atomic E-state index is -0.634. The van der Waals surface area contributed by atoms with Crippen molar-refractivity contribution in [1.82, 2.24) is 9.97 Å². The second-order valence-corrected chi connectivity index (χ2v) is 5.21. The summed E-state index contributed by atoms with van der Waals surface area (Å²) in [6.07, 6.45) is 1.65. The van der Waals surface area contributed by atoms with Gasteiger partial charge in [-0.15, -0.1) is 0 Å². The number of nitrogens with one attached hydrogen (secondary N) is 2. The highest BCUT2D eigenvalue weighted by Crippen LogP contribution is 2.23.